The maximum atomic E-state index is 3.51. The fourth-order valence-electron chi connectivity index (χ4n) is 2.27. The van der Waals surface area contributed by atoms with Crippen LogP contribution >= 0.6 is 11.8 Å². The lowest BCUT2D eigenvalue weighted by Gasteiger charge is -2.26. The van der Waals surface area contributed by atoms with Crippen LogP contribution in [-0.4, -0.2) is 37.3 Å². The molecule has 1 N–H and O–H groups in total. The van der Waals surface area contributed by atoms with Crippen molar-refractivity contribution < 1.29 is 0 Å². The van der Waals surface area contributed by atoms with Crippen LogP contribution in [0.1, 0.15) is 19.3 Å². The summed E-state index contributed by atoms with van der Waals surface area (Å²) < 4.78 is 0. The molecule has 0 aliphatic carbocycles. The van der Waals surface area contributed by atoms with Crippen LogP contribution in [-0.2, 0) is 0 Å². The lowest BCUT2D eigenvalue weighted by molar-refractivity contribution is 0.237. The van der Waals surface area contributed by atoms with E-state index in [1.165, 1.54) is 49.5 Å². The first-order valence-corrected chi connectivity index (χ1v) is 7.71. The molecular formula is C14H22N2S. The van der Waals surface area contributed by atoms with Gasteiger partial charge in [0.05, 0.1) is 0 Å². The highest BCUT2D eigenvalue weighted by molar-refractivity contribution is 7.98. The minimum absolute atomic E-state index is 1.05. The van der Waals surface area contributed by atoms with E-state index >= 15 is 0 Å². The predicted octanol–water partition coefficient (Wildman–Crippen LogP) is 3.31. The zero-order chi connectivity index (χ0) is 11.9. The van der Waals surface area contributed by atoms with Crippen LogP contribution in [0.25, 0.3) is 0 Å². The van der Waals surface area contributed by atoms with Crippen LogP contribution in [0.5, 0.6) is 0 Å². The van der Waals surface area contributed by atoms with Crippen molar-refractivity contribution in [1.29, 1.82) is 0 Å². The number of hydrogen-bond acceptors (Lipinski definition) is 3. The normalized spacial score (nSPS) is 17.0. The van der Waals surface area contributed by atoms with E-state index in [0.717, 1.165) is 6.54 Å². The van der Waals surface area contributed by atoms with E-state index in [4.69, 9.17) is 0 Å². The van der Waals surface area contributed by atoms with Crippen molar-refractivity contribution in [3.05, 3.63) is 24.3 Å². The summed E-state index contributed by atoms with van der Waals surface area (Å²) >= 11 is 1.79. The number of rotatable bonds is 5. The third kappa shape index (κ3) is 4.25. The molecule has 2 nitrogen and oxygen atoms in total. The van der Waals surface area contributed by atoms with Crippen molar-refractivity contribution >= 4 is 17.4 Å². The molecule has 0 saturated carbocycles. The Morgan fingerprint density at radius 2 is 2.06 bits per heavy atom. The largest absolute Gasteiger partial charge is 0.384 e. The van der Waals surface area contributed by atoms with Crippen molar-refractivity contribution in [2.24, 2.45) is 0 Å². The van der Waals surface area contributed by atoms with Crippen LogP contribution < -0.4 is 5.32 Å². The molecule has 1 saturated heterocycles. The van der Waals surface area contributed by atoms with Gasteiger partial charge in [0, 0.05) is 23.7 Å². The third-order valence-corrected chi connectivity index (χ3v) is 4.00. The summed E-state index contributed by atoms with van der Waals surface area (Å²) in [6, 6.07) is 8.65. The number of thioether (sulfide) groups is 1. The first-order chi connectivity index (χ1) is 8.38. The van der Waals surface area contributed by atoms with E-state index in [1.54, 1.807) is 11.8 Å². The summed E-state index contributed by atoms with van der Waals surface area (Å²) in [6.07, 6.45) is 6.29. The molecule has 94 valence electrons. The Labute approximate surface area is 109 Å². The van der Waals surface area contributed by atoms with E-state index < -0.39 is 0 Å². The van der Waals surface area contributed by atoms with Crippen LogP contribution in [0.2, 0.25) is 0 Å². The summed E-state index contributed by atoms with van der Waals surface area (Å²) in [4.78, 5) is 3.89. The second-order valence-corrected chi connectivity index (χ2v) is 5.44. The van der Waals surface area contributed by atoms with Crippen molar-refractivity contribution in [3.8, 4) is 0 Å². The van der Waals surface area contributed by atoms with Gasteiger partial charge in [-0.25, -0.2) is 0 Å². The minimum atomic E-state index is 1.05. The van der Waals surface area contributed by atoms with E-state index in [-0.39, 0.29) is 0 Å². The number of benzene rings is 1. The second-order valence-electron chi connectivity index (χ2n) is 4.56. The van der Waals surface area contributed by atoms with Gasteiger partial charge in [-0.1, -0.05) is 12.5 Å². The zero-order valence-corrected chi connectivity index (χ0v) is 11.4. The van der Waals surface area contributed by atoms with Gasteiger partial charge < -0.3 is 10.2 Å². The van der Waals surface area contributed by atoms with Crippen LogP contribution in [0.4, 0.5) is 5.69 Å². The summed E-state index contributed by atoms with van der Waals surface area (Å²) in [5.74, 6) is 0. The number of nitrogens with one attached hydrogen (secondary N) is 1. The van der Waals surface area contributed by atoms with Crippen LogP contribution in [0.15, 0.2) is 29.2 Å². The summed E-state index contributed by atoms with van der Waals surface area (Å²) in [7, 11) is 0. The Morgan fingerprint density at radius 3 is 2.82 bits per heavy atom. The van der Waals surface area contributed by atoms with E-state index in [2.05, 4.69) is 40.7 Å². The zero-order valence-electron chi connectivity index (χ0n) is 10.6. The Balaban J connectivity index is 1.73. The molecule has 1 heterocycles. The highest BCUT2D eigenvalue weighted by atomic mass is 32.2. The molecule has 3 heteroatoms. The Kier molecular flexibility index (Phi) is 5.20. The molecule has 17 heavy (non-hydrogen) atoms. The third-order valence-electron chi connectivity index (χ3n) is 3.28. The highest BCUT2D eigenvalue weighted by Gasteiger charge is 2.08. The number of piperidine rings is 1. The number of anilines is 1. The number of hydrogen-bond donors (Lipinski definition) is 1. The van der Waals surface area contributed by atoms with Crippen molar-refractivity contribution in [2.75, 3.05) is 37.8 Å². The molecule has 0 spiro atoms. The van der Waals surface area contributed by atoms with Crippen molar-refractivity contribution in [1.82, 2.24) is 4.90 Å². The van der Waals surface area contributed by atoms with E-state index in [9.17, 15) is 0 Å². The van der Waals surface area contributed by atoms with Gasteiger partial charge in [0.25, 0.3) is 0 Å². The number of nitrogens with zero attached hydrogens (tertiary/aromatic N) is 1. The first kappa shape index (κ1) is 12.8. The van der Waals surface area contributed by atoms with Gasteiger partial charge in [-0.05, 0) is 50.4 Å². The van der Waals surface area contributed by atoms with Crippen molar-refractivity contribution in [3.63, 3.8) is 0 Å². The molecule has 0 atom stereocenters. The van der Waals surface area contributed by atoms with E-state index in [1.807, 2.05) is 0 Å². The average Bonchev–Trinajstić information content (AvgIpc) is 2.40. The molecule has 1 fully saturated rings. The molecule has 1 aromatic carbocycles. The molecule has 0 bridgehead atoms. The molecule has 1 aliphatic rings. The molecule has 0 amide bonds. The summed E-state index contributed by atoms with van der Waals surface area (Å²) in [6.45, 7) is 4.79. The fourth-order valence-corrected chi connectivity index (χ4v) is 2.73. The highest BCUT2D eigenvalue weighted by Crippen LogP contribution is 2.18. The summed E-state index contributed by atoms with van der Waals surface area (Å²) in [5.41, 5.74) is 1.24. The molecule has 2 rings (SSSR count). The van der Waals surface area contributed by atoms with Gasteiger partial charge in [0.2, 0.25) is 0 Å². The maximum Gasteiger partial charge on any atom is 0.0351 e. The Bertz CT molecular complexity index is 335. The molecular weight excluding hydrogens is 228 g/mol. The minimum Gasteiger partial charge on any atom is -0.384 e. The van der Waals surface area contributed by atoms with Crippen LogP contribution in [0, 0.1) is 0 Å². The van der Waals surface area contributed by atoms with Crippen LogP contribution in [0.3, 0.4) is 0 Å². The molecule has 1 aliphatic heterocycles. The topological polar surface area (TPSA) is 15.3 Å². The van der Waals surface area contributed by atoms with Gasteiger partial charge >= 0.3 is 0 Å². The smallest absolute Gasteiger partial charge is 0.0351 e. The van der Waals surface area contributed by atoms with Gasteiger partial charge in [-0.15, -0.1) is 11.8 Å². The molecule has 1 aromatic rings. The standard InChI is InChI=1S/C14H22N2S/c1-17-14-7-5-6-13(12-14)15-8-11-16-9-3-2-4-10-16/h5-7,12,15H,2-4,8-11H2,1H3. The monoisotopic (exact) mass is 250 g/mol. The fraction of sp³-hybridized carbons (Fsp3) is 0.571. The van der Waals surface area contributed by atoms with Gasteiger partial charge in [0.1, 0.15) is 0 Å². The number of likely N-dealkylation sites (tertiary alicyclic amines) is 1. The Morgan fingerprint density at radius 1 is 1.24 bits per heavy atom. The summed E-state index contributed by atoms with van der Waals surface area (Å²) in [5, 5.41) is 3.51. The molecule has 0 unspecified atom stereocenters. The SMILES string of the molecule is CSc1cccc(NCCN2CCCCC2)c1. The lowest BCUT2D eigenvalue weighted by atomic mass is 10.1. The van der Waals surface area contributed by atoms with Gasteiger partial charge in [-0.3, -0.25) is 0 Å². The maximum absolute atomic E-state index is 3.51. The lowest BCUT2D eigenvalue weighted by Crippen LogP contribution is -2.33. The average molecular weight is 250 g/mol. The van der Waals surface area contributed by atoms with Gasteiger partial charge in [-0.2, -0.15) is 0 Å². The molecule has 0 radical (unpaired) electrons. The first-order valence-electron chi connectivity index (χ1n) is 6.49. The quantitative estimate of drug-likeness (QED) is 0.807. The predicted molar refractivity (Wildman–Crippen MR) is 77.0 cm³/mol. The molecule has 0 aromatic heterocycles. The second kappa shape index (κ2) is 6.92. The van der Waals surface area contributed by atoms with Gasteiger partial charge in [0.15, 0.2) is 0 Å². The van der Waals surface area contributed by atoms with Crippen molar-refractivity contribution in [2.45, 2.75) is 24.2 Å². The van der Waals surface area contributed by atoms with E-state index in [0.29, 0.717) is 0 Å². The Hall–Kier alpha value is -0.670.